The van der Waals surface area contributed by atoms with Crippen molar-refractivity contribution in [2.24, 2.45) is 0 Å². The van der Waals surface area contributed by atoms with Gasteiger partial charge in [0.1, 0.15) is 9.84 Å². The molecule has 3 rings (SSSR count). The molecule has 1 heterocycles. The Morgan fingerprint density at radius 1 is 1.18 bits per heavy atom. The number of nitrogens with one attached hydrogen (secondary N) is 1. The second-order valence-electron chi connectivity index (χ2n) is 7.70. The van der Waals surface area contributed by atoms with Gasteiger partial charge in [-0.3, -0.25) is 9.59 Å². The fourth-order valence-corrected chi connectivity index (χ4v) is 4.96. The van der Waals surface area contributed by atoms with Crippen molar-refractivity contribution in [2.45, 2.75) is 26.1 Å². The standard InChI is InChI=1S/C23H28N2O7S/c1-6-32-20-12-15(10-11-19(20)30-3)18(13-33(5,28)29)25-22(27)16-8-7-9-17(24-14(2)26)21(16)23(25)31-4/h7-12,18,23H,6,13H2,1-5H3,(H,24,26)/t18-,23?/m1/s1. The molecule has 0 spiro atoms. The van der Waals surface area contributed by atoms with Crippen LogP contribution in [0.15, 0.2) is 36.4 Å². The van der Waals surface area contributed by atoms with Crippen LogP contribution in [-0.4, -0.2) is 58.0 Å². The molecule has 1 unspecified atom stereocenters. The molecule has 0 saturated heterocycles. The third-order valence-corrected chi connectivity index (χ3v) is 6.19. The number of rotatable bonds is 9. The molecule has 10 heteroatoms. The van der Waals surface area contributed by atoms with Crippen LogP contribution in [0.1, 0.15) is 47.6 Å². The van der Waals surface area contributed by atoms with Crippen molar-refractivity contribution in [3.05, 3.63) is 53.1 Å². The van der Waals surface area contributed by atoms with Gasteiger partial charge < -0.3 is 24.4 Å². The van der Waals surface area contributed by atoms with Crippen molar-refractivity contribution in [3.8, 4) is 11.5 Å². The lowest BCUT2D eigenvalue weighted by Gasteiger charge is -2.33. The minimum Gasteiger partial charge on any atom is -0.493 e. The predicted molar refractivity (Wildman–Crippen MR) is 123 cm³/mol. The smallest absolute Gasteiger partial charge is 0.257 e. The number of carbonyl (C=O) groups excluding carboxylic acids is 2. The van der Waals surface area contributed by atoms with Crippen LogP contribution in [0.2, 0.25) is 0 Å². The summed E-state index contributed by atoms with van der Waals surface area (Å²) >= 11 is 0. The first kappa shape index (κ1) is 24.5. The maximum absolute atomic E-state index is 13.5. The molecule has 0 aliphatic carbocycles. The number of benzene rings is 2. The molecule has 1 aliphatic heterocycles. The number of methoxy groups -OCH3 is 2. The van der Waals surface area contributed by atoms with Crippen LogP contribution in [0.3, 0.4) is 0 Å². The van der Waals surface area contributed by atoms with Crippen molar-refractivity contribution in [2.75, 3.05) is 38.2 Å². The van der Waals surface area contributed by atoms with Gasteiger partial charge >= 0.3 is 0 Å². The summed E-state index contributed by atoms with van der Waals surface area (Å²) in [6.45, 7) is 3.57. The maximum Gasteiger partial charge on any atom is 0.257 e. The van der Waals surface area contributed by atoms with Crippen molar-refractivity contribution in [3.63, 3.8) is 0 Å². The maximum atomic E-state index is 13.5. The third kappa shape index (κ3) is 5.12. The van der Waals surface area contributed by atoms with E-state index in [9.17, 15) is 18.0 Å². The Bertz CT molecular complexity index is 1160. The number of hydrogen-bond acceptors (Lipinski definition) is 7. The monoisotopic (exact) mass is 476 g/mol. The zero-order valence-corrected chi connectivity index (χ0v) is 20.1. The van der Waals surface area contributed by atoms with E-state index in [1.54, 1.807) is 36.4 Å². The van der Waals surface area contributed by atoms with Gasteiger partial charge in [0, 0.05) is 37.1 Å². The van der Waals surface area contributed by atoms with E-state index in [1.807, 2.05) is 6.92 Å². The molecular formula is C23H28N2O7S. The Labute approximate surface area is 193 Å². The lowest BCUT2D eigenvalue weighted by atomic mass is 10.1. The van der Waals surface area contributed by atoms with E-state index in [0.29, 0.717) is 40.5 Å². The van der Waals surface area contributed by atoms with Gasteiger partial charge in [-0.2, -0.15) is 0 Å². The number of sulfone groups is 1. The van der Waals surface area contributed by atoms with Crippen LogP contribution in [0.5, 0.6) is 11.5 Å². The van der Waals surface area contributed by atoms with Crippen LogP contribution in [-0.2, 0) is 19.4 Å². The van der Waals surface area contributed by atoms with Crippen LogP contribution < -0.4 is 14.8 Å². The minimum atomic E-state index is -3.51. The molecule has 2 aromatic carbocycles. The molecule has 33 heavy (non-hydrogen) atoms. The first-order valence-corrected chi connectivity index (χ1v) is 12.4. The number of ether oxygens (including phenoxy) is 3. The summed E-state index contributed by atoms with van der Waals surface area (Å²) in [5, 5.41) is 2.73. The van der Waals surface area contributed by atoms with E-state index in [-0.39, 0.29) is 11.7 Å². The highest BCUT2D eigenvalue weighted by Crippen LogP contribution is 2.45. The Hall–Kier alpha value is -3.11. The molecule has 1 N–H and O–H groups in total. The molecule has 0 fully saturated rings. The van der Waals surface area contributed by atoms with Crippen LogP contribution in [0.25, 0.3) is 0 Å². The molecule has 1 aliphatic rings. The van der Waals surface area contributed by atoms with Gasteiger partial charge in [-0.25, -0.2) is 8.42 Å². The van der Waals surface area contributed by atoms with Gasteiger partial charge in [0.2, 0.25) is 5.91 Å². The Morgan fingerprint density at radius 2 is 1.91 bits per heavy atom. The molecule has 0 bridgehead atoms. The lowest BCUT2D eigenvalue weighted by molar-refractivity contribution is -0.114. The summed E-state index contributed by atoms with van der Waals surface area (Å²) in [5.74, 6) is -0.0983. The van der Waals surface area contributed by atoms with Gasteiger partial charge in [0.15, 0.2) is 17.7 Å². The van der Waals surface area contributed by atoms with Crippen molar-refractivity contribution in [1.29, 1.82) is 0 Å². The Morgan fingerprint density at radius 3 is 2.48 bits per heavy atom. The summed E-state index contributed by atoms with van der Waals surface area (Å²) in [5.41, 5.74) is 1.81. The van der Waals surface area contributed by atoms with E-state index < -0.39 is 28.0 Å². The van der Waals surface area contributed by atoms with E-state index >= 15 is 0 Å². The molecule has 0 aromatic heterocycles. The Kier molecular flexibility index (Phi) is 7.28. The highest BCUT2D eigenvalue weighted by atomic mass is 32.2. The number of anilines is 1. The van der Waals surface area contributed by atoms with Crippen LogP contribution in [0.4, 0.5) is 5.69 Å². The minimum absolute atomic E-state index is 0.298. The van der Waals surface area contributed by atoms with Gasteiger partial charge in [-0.05, 0) is 36.8 Å². The first-order chi connectivity index (χ1) is 15.6. The van der Waals surface area contributed by atoms with Gasteiger partial charge in [-0.1, -0.05) is 12.1 Å². The summed E-state index contributed by atoms with van der Waals surface area (Å²) in [6, 6.07) is 9.14. The summed E-state index contributed by atoms with van der Waals surface area (Å²) in [4.78, 5) is 26.6. The molecule has 9 nitrogen and oxygen atoms in total. The van der Waals surface area contributed by atoms with Crippen molar-refractivity contribution >= 4 is 27.3 Å². The number of nitrogens with zero attached hydrogens (tertiary/aromatic N) is 1. The largest absolute Gasteiger partial charge is 0.493 e. The van der Waals surface area contributed by atoms with Crippen molar-refractivity contribution in [1.82, 2.24) is 4.90 Å². The first-order valence-electron chi connectivity index (χ1n) is 10.4. The molecule has 0 radical (unpaired) electrons. The number of fused-ring (bicyclic) bond motifs is 1. The number of amides is 2. The van der Waals surface area contributed by atoms with Crippen LogP contribution >= 0.6 is 0 Å². The second-order valence-corrected chi connectivity index (χ2v) is 9.88. The zero-order chi connectivity index (χ0) is 24.3. The molecule has 2 atom stereocenters. The quantitative estimate of drug-likeness (QED) is 0.592. The normalized spacial score (nSPS) is 16.3. The van der Waals surface area contributed by atoms with E-state index in [0.717, 1.165) is 6.26 Å². The molecule has 178 valence electrons. The SMILES string of the molecule is CCOc1cc([C@@H](CS(C)(=O)=O)N2C(=O)c3cccc(NC(C)=O)c3C2OC)ccc1OC. The van der Waals surface area contributed by atoms with Crippen LogP contribution in [0, 0.1) is 0 Å². The third-order valence-electron chi connectivity index (χ3n) is 5.27. The van der Waals surface area contributed by atoms with Gasteiger partial charge in [-0.15, -0.1) is 0 Å². The zero-order valence-electron chi connectivity index (χ0n) is 19.2. The second kappa shape index (κ2) is 9.80. The average molecular weight is 477 g/mol. The van der Waals surface area contributed by atoms with E-state index in [2.05, 4.69) is 5.32 Å². The summed E-state index contributed by atoms with van der Waals surface area (Å²) in [6.07, 6.45) is 0.213. The lowest BCUT2D eigenvalue weighted by Crippen LogP contribution is -2.37. The fraction of sp³-hybridized carbons (Fsp3) is 0.391. The van der Waals surface area contributed by atoms with E-state index in [4.69, 9.17) is 14.2 Å². The highest BCUT2D eigenvalue weighted by molar-refractivity contribution is 7.90. The summed E-state index contributed by atoms with van der Waals surface area (Å²) < 4.78 is 41.5. The average Bonchev–Trinajstić information content (AvgIpc) is 3.04. The Balaban J connectivity index is 2.16. The molecule has 2 aromatic rings. The topological polar surface area (TPSA) is 111 Å². The predicted octanol–water partition coefficient (Wildman–Crippen LogP) is 2.94. The van der Waals surface area contributed by atoms with E-state index in [1.165, 1.54) is 26.0 Å². The summed E-state index contributed by atoms with van der Waals surface area (Å²) in [7, 11) is -0.570. The fourth-order valence-electron chi connectivity index (χ4n) is 4.03. The van der Waals surface area contributed by atoms with Crippen molar-refractivity contribution < 1.29 is 32.2 Å². The van der Waals surface area contributed by atoms with Gasteiger partial charge in [0.25, 0.3) is 5.91 Å². The highest BCUT2D eigenvalue weighted by Gasteiger charge is 2.44. The number of carbonyl (C=O) groups is 2. The molecule has 0 saturated carbocycles. The molecule has 2 amide bonds. The van der Waals surface area contributed by atoms with Gasteiger partial charge in [0.05, 0.1) is 25.5 Å². The number of hydrogen-bond donors (Lipinski definition) is 1. The molecular weight excluding hydrogens is 448 g/mol.